The smallest absolute Gasteiger partial charge is 0.233 e. The summed E-state index contributed by atoms with van der Waals surface area (Å²) in [5.41, 5.74) is 2.35. The Morgan fingerprint density at radius 1 is 1.00 bits per heavy atom. The molecular weight excluding hydrogens is 278 g/mol. The van der Waals surface area contributed by atoms with Crippen LogP contribution in [0, 0.1) is 6.92 Å². The van der Waals surface area contributed by atoms with Gasteiger partial charge in [0.05, 0.1) is 11.3 Å². The van der Waals surface area contributed by atoms with Gasteiger partial charge in [0.25, 0.3) is 0 Å². The van der Waals surface area contributed by atoms with Crippen molar-refractivity contribution in [3.63, 3.8) is 0 Å². The highest BCUT2D eigenvalue weighted by atomic mass is 32.2. The van der Waals surface area contributed by atoms with Crippen LogP contribution in [0.4, 0.5) is 0 Å². The standard InChI is InChI=1S/C18H21NOS/c1-13-9-11-17(12-10-13)21-15(3)18(20)19-14(2)16-7-5-4-6-8-16/h4-12,14-15H,1-3H3,(H,19,20)/t14-,15-/m0/s1. The van der Waals surface area contributed by atoms with E-state index in [0.29, 0.717) is 0 Å². The van der Waals surface area contributed by atoms with Crippen LogP contribution in [0.5, 0.6) is 0 Å². The first-order valence-electron chi connectivity index (χ1n) is 7.15. The first-order valence-corrected chi connectivity index (χ1v) is 8.03. The number of hydrogen-bond donors (Lipinski definition) is 1. The van der Waals surface area contributed by atoms with E-state index in [1.165, 1.54) is 5.56 Å². The third-order valence-electron chi connectivity index (χ3n) is 3.36. The van der Waals surface area contributed by atoms with Crippen molar-refractivity contribution in [2.75, 3.05) is 0 Å². The molecule has 2 aromatic rings. The van der Waals surface area contributed by atoms with Crippen molar-refractivity contribution in [2.45, 2.75) is 37.0 Å². The van der Waals surface area contributed by atoms with Crippen LogP contribution in [0.2, 0.25) is 0 Å². The van der Waals surface area contributed by atoms with Crippen LogP contribution in [-0.2, 0) is 4.79 Å². The van der Waals surface area contributed by atoms with E-state index < -0.39 is 0 Å². The Morgan fingerprint density at radius 2 is 1.62 bits per heavy atom. The third-order valence-corrected chi connectivity index (χ3v) is 4.47. The number of aryl methyl sites for hydroxylation is 1. The van der Waals surface area contributed by atoms with Gasteiger partial charge in [-0.15, -0.1) is 11.8 Å². The summed E-state index contributed by atoms with van der Waals surface area (Å²) < 4.78 is 0. The third kappa shape index (κ3) is 4.64. The fourth-order valence-electron chi connectivity index (χ4n) is 2.03. The Hall–Kier alpha value is -1.74. The Kier molecular flexibility index (Phi) is 5.45. The summed E-state index contributed by atoms with van der Waals surface area (Å²) in [6, 6.07) is 18.3. The zero-order valence-electron chi connectivity index (χ0n) is 12.7. The molecule has 1 N–H and O–H groups in total. The van der Waals surface area contributed by atoms with E-state index in [1.807, 2.05) is 44.2 Å². The van der Waals surface area contributed by atoms with Gasteiger partial charge in [-0.3, -0.25) is 4.79 Å². The summed E-state index contributed by atoms with van der Waals surface area (Å²) in [4.78, 5) is 13.4. The number of hydrogen-bond acceptors (Lipinski definition) is 2. The van der Waals surface area contributed by atoms with Crippen molar-refractivity contribution >= 4 is 17.7 Å². The van der Waals surface area contributed by atoms with Crippen molar-refractivity contribution < 1.29 is 4.79 Å². The van der Waals surface area contributed by atoms with E-state index >= 15 is 0 Å². The van der Waals surface area contributed by atoms with Gasteiger partial charge in [0.1, 0.15) is 0 Å². The molecule has 0 aliphatic rings. The Morgan fingerprint density at radius 3 is 2.24 bits per heavy atom. The van der Waals surface area contributed by atoms with E-state index in [9.17, 15) is 4.79 Å². The molecule has 0 aromatic heterocycles. The SMILES string of the molecule is Cc1ccc(S[C@@H](C)C(=O)N[C@@H](C)c2ccccc2)cc1. The molecule has 0 aliphatic heterocycles. The van der Waals surface area contributed by atoms with Gasteiger partial charge in [0, 0.05) is 4.90 Å². The van der Waals surface area contributed by atoms with Gasteiger partial charge in [0.15, 0.2) is 0 Å². The molecule has 0 radical (unpaired) electrons. The molecule has 0 fully saturated rings. The van der Waals surface area contributed by atoms with Crippen LogP contribution < -0.4 is 5.32 Å². The van der Waals surface area contributed by atoms with E-state index in [4.69, 9.17) is 0 Å². The number of rotatable bonds is 5. The van der Waals surface area contributed by atoms with Gasteiger partial charge in [-0.1, -0.05) is 48.0 Å². The second-order valence-electron chi connectivity index (χ2n) is 5.21. The zero-order valence-corrected chi connectivity index (χ0v) is 13.5. The average Bonchev–Trinajstić information content (AvgIpc) is 2.50. The maximum atomic E-state index is 12.3. The topological polar surface area (TPSA) is 29.1 Å². The van der Waals surface area contributed by atoms with Gasteiger partial charge in [-0.05, 0) is 38.5 Å². The Labute approximate surface area is 131 Å². The molecule has 0 aliphatic carbocycles. The second-order valence-corrected chi connectivity index (χ2v) is 6.63. The molecule has 2 rings (SSSR count). The van der Waals surface area contributed by atoms with Gasteiger partial charge in [-0.25, -0.2) is 0 Å². The molecule has 0 saturated carbocycles. The highest BCUT2D eigenvalue weighted by molar-refractivity contribution is 8.00. The molecule has 110 valence electrons. The van der Waals surface area contributed by atoms with Crippen LogP contribution >= 0.6 is 11.8 Å². The summed E-state index contributed by atoms with van der Waals surface area (Å²) >= 11 is 1.59. The highest BCUT2D eigenvalue weighted by Crippen LogP contribution is 2.24. The normalized spacial score (nSPS) is 13.5. The van der Waals surface area contributed by atoms with Crippen molar-refractivity contribution in [3.05, 3.63) is 65.7 Å². The number of nitrogens with one attached hydrogen (secondary N) is 1. The minimum atomic E-state index is -0.112. The van der Waals surface area contributed by atoms with Gasteiger partial charge >= 0.3 is 0 Å². The molecule has 0 bridgehead atoms. The van der Waals surface area contributed by atoms with Gasteiger partial charge in [-0.2, -0.15) is 0 Å². The maximum absolute atomic E-state index is 12.3. The molecule has 0 saturated heterocycles. The number of thioether (sulfide) groups is 1. The predicted octanol–water partition coefficient (Wildman–Crippen LogP) is 4.35. The quantitative estimate of drug-likeness (QED) is 0.831. The first-order chi connectivity index (χ1) is 10.1. The first kappa shape index (κ1) is 15.6. The molecule has 21 heavy (non-hydrogen) atoms. The summed E-state index contributed by atoms with van der Waals surface area (Å²) in [7, 11) is 0. The second kappa shape index (κ2) is 7.32. The van der Waals surface area contributed by atoms with E-state index in [-0.39, 0.29) is 17.2 Å². The lowest BCUT2D eigenvalue weighted by molar-refractivity contribution is -0.120. The summed E-state index contributed by atoms with van der Waals surface area (Å²) in [6.45, 7) is 6.01. The average molecular weight is 299 g/mol. The summed E-state index contributed by atoms with van der Waals surface area (Å²) in [5, 5.41) is 2.96. The van der Waals surface area contributed by atoms with Crippen molar-refractivity contribution in [1.82, 2.24) is 5.32 Å². The highest BCUT2D eigenvalue weighted by Gasteiger charge is 2.17. The van der Waals surface area contributed by atoms with Crippen molar-refractivity contribution in [2.24, 2.45) is 0 Å². The molecule has 2 aromatic carbocycles. The molecular formula is C18H21NOS. The number of carbonyl (C=O) groups is 1. The van der Waals surface area contributed by atoms with Crippen LogP contribution in [0.15, 0.2) is 59.5 Å². The summed E-state index contributed by atoms with van der Waals surface area (Å²) in [6.07, 6.45) is 0. The Balaban J connectivity index is 1.92. The Bertz CT molecular complexity index is 580. The molecule has 1 amide bonds. The van der Waals surface area contributed by atoms with Crippen molar-refractivity contribution in [3.8, 4) is 0 Å². The predicted molar refractivity (Wildman–Crippen MR) is 89.5 cm³/mol. The van der Waals surface area contributed by atoms with Crippen LogP contribution in [0.3, 0.4) is 0 Å². The molecule has 0 spiro atoms. The maximum Gasteiger partial charge on any atom is 0.233 e. The van der Waals surface area contributed by atoms with E-state index in [2.05, 4.69) is 36.5 Å². The number of amides is 1. The zero-order chi connectivity index (χ0) is 15.2. The van der Waals surface area contributed by atoms with E-state index in [1.54, 1.807) is 11.8 Å². The molecule has 0 unspecified atom stereocenters. The molecule has 3 heteroatoms. The van der Waals surface area contributed by atoms with Crippen molar-refractivity contribution in [1.29, 1.82) is 0 Å². The molecule has 2 nitrogen and oxygen atoms in total. The lowest BCUT2D eigenvalue weighted by Gasteiger charge is -2.17. The lowest BCUT2D eigenvalue weighted by atomic mass is 10.1. The minimum Gasteiger partial charge on any atom is -0.349 e. The fourth-order valence-corrected chi connectivity index (χ4v) is 2.91. The van der Waals surface area contributed by atoms with Crippen LogP contribution in [0.25, 0.3) is 0 Å². The van der Waals surface area contributed by atoms with Gasteiger partial charge in [0.2, 0.25) is 5.91 Å². The monoisotopic (exact) mass is 299 g/mol. The molecule has 0 heterocycles. The largest absolute Gasteiger partial charge is 0.349 e. The van der Waals surface area contributed by atoms with E-state index in [0.717, 1.165) is 10.5 Å². The van der Waals surface area contributed by atoms with Crippen LogP contribution in [0.1, 0.15) is 31.0 Å². The number of carbonyl (C=O) groups excluding carboxylic acids is 1. The fraction of sp³-hybridized carbons (Fsp3) is 0.278. The molecule has 2 atom stereocenters. The number of benzene rings is 2. The summed E-state index contributed by atoms with van der Waals surface area (Å²) in [5.74, 6) is 0.0666. The van der Waals surface area contributed by atoms with Crippen LogP contribution in [-0.4, -0.2) is 11.2 Å². The van der Waals surface area contributed by atoms with Gasteiger partial charge < -0.3 is 5.32 Å². The lowest BCUT2D eigenvalue weighted by Crippen LogP contribution is -2.33. The minimum absolute atomic E-state index is 0.0276.